The Kier molecular flexibility index (Phi) is 5.29. The van der Waals surface area contributed by atoms with Gasteiger partial charge in [0.15, 0.2) is 11.5 Å². The van der Waals surface area contributed by atoms with E-state index in [9.17, 15) is 8.78 Å². The van der Waals surface area contributed by atoms with Gasteiger partial charge in [-0.05, 0) is 31.4 Å². The molecule has 1 saturated heterocycles. The third-order valence-corrected chi connectivity index (χ3v) is 5.31. The normalized spacial score (nSPS) is 17.6. The Labute approximate surface area is 164 Å². The second-order valence-electron chi connectivity index (χ2n) is 6.84. The smallest absolute Gasteiger partial charge is 0.281 e. The maximum absolute atomic E-state index is 13.0. The van der Waals surface area contributed by atoms with Crippen LogP contribution in [0.4, 0.5) is 14.6 Å². The maximum atomic E-state index is 13.0. The van der Waals surface area contributed by atoms with Crippen LogP contribution < -0.4 is 4.90 Å². The van der Waals surface area contributed by atoms with Crippen LogP contribution in [0.2, 0.25) is 0 Å². The van der Waals surface area contributed by atoms with E-state index in [2.05, 4.69) is 37.3 Å². The first-order valence-corrected chi connectivity index (χ1v) is 11.0. The van der Waals surface area contributed by atoms with Crippen LogP contribution in [0.15, 0.2) is 35.2 Å². The maximum Gasteiger partial charge on any atom is 0.281 e. The van der Waals surface area contributed by atoms with Crippen molar-refractivity contribution in [2.24, 2.45) is 4.36 Å². The van der Waals surface area contributed by atoms with Crippen LogP contribution in [-0.4, -0.2) is 56.0 Å². The lowest BCUT2D eigenvalue weighted by molar-refractivity contribution is 0.145. The fourth-order valence-electron chi connectivity index (χ4n) is 3.38. The van der Waals surface area contributed by atoms with Crippen molar-refractivity contribution in [3.8, 4) is 11.5 Å². The van der Waals surface area contributed by atoms with Crippen LogP contribution in [0.1, 0.15) is 25.0 Å². The number of nitrogens with zero attached hydrogens (tertiary/aromatic N) is 7. The van der Waals surface area contributed by atoms with Gasteiger partial charge in [0.25, 0.3) is 6.43 Å². The molecule has 0 aromatic carbocycles. The summed E-state index contributed by atoms with van der Waals surface area (Å²) in [4.78, 5) is 19.2. The van der Waals surface area contributed by atoms with Crippen molar-refractivity contribution >= 4 is 22.2 Å². The van der Waals surface area contributed by atoms with Gasteiger partial charge in [0.2, 0.25) is 0 Å². The first-order chi connectivity index (χ1) is 13.5. The van der Waals surface area contributed by atoms with Crippen molar-refractivity contribution < 1.29 is 8.78 Å². The molecule has 1 fully saturated rings. The Bertz CT molecular complexity index is 1020. The molecule has 4 heterocycles. The van der Waals surface area contributed by atoms with E-state index in [-0.39, 0.29) is 16.4 Å². The van der Waals surface area contributed by atoms with Gasteiger partial charge < -0.3 is 4.90 Å². The molecule has 1 aliphatic heterocycles. The third kappa shape index (κ3) is 3.87. The van der Waals surface area contributed by atoms with Gasteiger partial charge in [0.1, 0.15) is 17.2 Å². The van der Waals surface area contributed by atoms with Gasteiger partial charge >= 0.3 is 0 Å². The minimum atomic E-state index is -2.65. The Morgan fingerprint density at radius 1 is 1.21 bits per heavy atom. The molecule has 3 aromatic rings. The summed E-state index contributed by atoms with van der Waals surface area (Å²) >= 11 is 0. The van der Waals surface area contributed by atoms with E-state index in [1.807, 2.05) is 6.07 Å². The molecule has 148 valence electrons. The second-order valence-corrected chi connectivity index (χ2v) is 8.60. The van der Waals surface area contributed by atoms with Gasteiger partial charge in [0.05, 0.1) is 18.4 Å². The van der Waals surface area contributed by atoms with E-state index in [1.165, 1.54) is 12.4 Å². The van der Waals surface area contributed by atoms with Gasteiger partial charge in [-0.2, -0.15) is 0 Å². The van der Waals surface area contributed by atoms with Crippen molar-refractivity contribution in [3.05, 3.63) is 36.5 Å². The molecule has 4 rings (SSSR count). The molecule has 7 nitrogen and oxygen atoms in total. The average molecular weight is 405 g/mol. The van der Waals surface area contributed by atoms with E-state index in [0.717, 1.165) is 31.7 Å². The average Bonchev–Trinajstić information content (AvgIpc) is 3.11. The van der Waals surface area contributed by atoms with Crippen LogP contribution in [-0.2, 0) is 10.7 Å². The van der Waals surface area contributed by atoms with Gasteiger partial charge in [-0.3, -0.25) is 8.76 Å². The highest BCUT2D eigenvalue weighted by atomic mass is 32.2. The fourth-order valence-corrected chi connectivity index (χ4v) is 4.15. The highest BCUT2D eigenvalue weighted by Gasteiger charge is 2.21. The molecule has 0 spiro atoms. The Balaban J connectivity index is 1.67. The molecule has 1 aliphatic rings. The first-order valence-electron chi connectivity index (χ1n) is 8.99. The molecule has 10 heteroatoms. The summed E-state index contributed by atoms with van der Waals surface area (Å²) in [7, 11) is 0.0517. The van der Waals surface area contributed by atoms with Crippen LogP contribution >= 0.6 is 0 Å². The summed E-state index contributed by atoms with van der Waals surface area (Å²) in [6, 6.07) is 2.18. The molecule has 0 saturated carbocycles. The number of piperidine rings is 1. The number of aromatic nitrogens is 5. The topological polar surface area (TPSA) is 71.6 Å². The molecule has 0 radical (unpaired) electrons. The zero-order valence-corrected chi connectivity index (χ0v) is 16.5. The largest absolute Gasteiger partial charge is 0.354 e. The van der Waals surface area contributed by atoms with Gasteiger partial charge in [-0.1, -0.05) is 0 Å². The van der Waals surface area contributed by atoms with Crippen LogP contribution in [0.25, 0.3) is 17.2 Å². The van der Waals surface area contributed by atoms with Crippen LogP contribution in [0, 0.1) is 0 Å². The standard InChI is InChI=1S/C18H21F2N7S/c1-28(2)25-12-4-3-7-26(10-12)15-5-6-21-18(24-15)14-8-23-16-9-22-13(17(19)20)11-27(14)16/h5-6,8-9,11-12,17H,3-4,7,10H2,1-2H3. The van der Waals surface area contributed by atoms with Crippen LogP contribution in [0.3, 0.4) is 0 Å². The highest BCUT2D eigenvalue weighted by molar-refractivity contribution is 7.85. The lowest BCUT2D eigenvalue weighted by Gasteiger charge is -2.31. The molecule has 3 aromatic heterocycles. The predicted octanol–water partition coefficient (Wildman–Crippen LogP) is 3.15. The molecule has 1 unspecified atom stereocenters. The number of fused-ring (bicyclic) bond motifs is 1. The Morgan fingerprint density at radius 2 is 2.07 bits per heavy atom. The Morgan fingerprint density at radius 3 is 2.86 bits per heavy atom. The predicted molar refractivity (Wildman–Crippen MR) is 106 cm³/mol. The molecule has 0 N–H and O–H groups in total. The molecule has 1 atom stereocenters. The summed E-state index contributed by atoms with van der Waals surface area (Å²) in [6.07, 6.45) is 9.64. The number of hydrogen-bond acceptors (Lipinski definition) is 6. The molecule has 0 amide bonds. The molecular formula is C18H21F2N7S. The number of halogens is 2. The number of rotatable bonds is 4. The quantitative estimate of drug-likeness (QED) is 0.667. The van der Waals surface area contributed by atoms with Gasteiger partial charge in [0, 0.05) is 25.5 Å². The molecule has 0 bridgehead atoms. The minimum absolute atomic E-state index is 0.0517. The van der Waals surface area contributed by atoms with E-state index < -0.39 is 6.43 Å². The Hall–Kier alpha value is -2.49. The summed E-state index contributed by atoms with van der Waals surface area (Å²) < 4.78 is 32.4. The molecule has 28 heavy (non-hydrogen) atoms. The molecule has 0 aliphatic carbocycles. The van der Waals surface area contributed by atoms with Gasteiger partial charge in [-0.25, -0.2) is 28.7 Å². The van der Waals surface area contributed by atoms with Gasteiger partial charge in [-0.15, -0.1) is 10.7 Å². The van der Waals surface area contributed by atoms with Crippen molar-refractivity contribution in [1.29, 1.82) is 0 Å². The highest BCUT2D eigenvalue weighted by Crippen LogP contribution is 2.24. The lowest BCUT2D eigenvalue weighted by atomic mass is 10.1. The van der Waals surface area contributed by atoms with E-state index in [4.69, 9.17) is 4.36 Å². The minimum Gasteiger partial charge on any atom is -0.354 e. The monoisotopic (exact) mass is 405 g/mol. The number of anilines is 1. The van der Waals surface area contributed by atoms with Crippen molar-refractivity contribution in [2.75, 3.05) is 30.5 Å². The zero-order chi connectivity index (χ0) is 19.7. The van der Waals surface area contributed by atoms with Crippen molar-refractivity contribution in [3.63, 3.8) is 0 Å². The second kappa shape index (κ2) is 7.86. The SMILES string of the molecule is CS(C)=NC1CCCN(c2ccnc(-c3cnc4cnc(C(F)F)cn34)n2)C1. The van der Waals surface area contributed by atoms with Crippen molar-refractivity contribution in [1.82, 2.24) is 24.3 Å². The fraction of sp³-hybridized carbons (Fsp3) is 0.444. The number of alkyl halides is 2. The summed E-state index contributed by atoms with van der Waals surface area (Å²) in [6.45, 7) is 1.74. The van der Waals surface area contributed by atoms with Crippen molar-refractivity contribution in [2.45, 2.75) is 25.3 Å². The summed E-state index contributed by atoms with van der Waals surface area (Å²) in [5, 5.41) is 0. The number of imidazole rings is 1. The molecular weight excluding hydrogens is 384 g/mol. The van der Waals surface area contributed by atoms with E-state index in [1.54, 1.807) is 16.8 Å². The summed E-state index contributed by atoms with van der Waals surface area (Å²) in [5.41, 5.74) is 0.726. The first kappa shape index (κ1) is 18.9. The van der Waals surface area contributed by atoms with E-state index in [0.29, 0.717) is 23.2 Å². The van der Waals surface area contributed by atoms with Crippen LogP contribution in [0.5, 0.6) is 0 Å². The lowest BCUT2D eigenvalue weighted by Crippen LogP contribution is -2.38. The zero-order valence-electron chi connectivity index (χ0n) is 15.7. The summed E-state index contributed by atoms with van der Waals surface area (Å²) in [5.74, 6) is 1.26. The van der Waals surface area contributed by atoms with E-state index >= 15 is 0 Å². The third-order valence-electron chi connectivity index (χ3n) is 4.59. The number of hydrogen-bond donors (Lipinski definition) is 0.